The van der Waals surface area contributed by atoms with Crippen LogP contribution in [-0.4, -0.2) is 44.9 Å². The van der Waals surface area contributed by atoms with Gasteiger partial charge >= 0.3 is 0 Å². The third-order valence-corrected chi connectivity index (χ3v) is 10.4. The lowest BCUT2D eigenvalue weighted by atomic mass is 9.86. The largest absolute Gasteiger partial charge is 0.353 e. The molecule has 0 spiro atoms. The Hall–Kier alpha value is -3.52. The summed E-state index contributed by atoms with van der Waals surface area (Å²) >= 11 is 0. The second kappa shape index (κ2) is 13.4. The zero-order valence-corrected chi connectivity index (χ0v) is 25.5. The molecule has 0 radical (unpaired) electrons. The van der Waals surface area contributed by atoms with E-state index in [-0.39, 0.29) is 23.3 Å². The van der Waals surface area contributed by atoms with Gasteiger partial charge in [0.15, 0.2) is 0 Å². The fraction of sp³-hybridized carbons (Fsp3) is 0.361. The van der Waals surface area contributed by atoms with Crippen molar-refractivity contribution in [3.05, 3.63) is 113 Å². The first kappa shape index (κ1) is 29.5. The lowest BCUT2D eigenvalue weighted by Gasteiger charge is -2.28. The zero-order valence-electron chi connectivity index (χ0n) is 24.7. The van der Waals surface area contributed by atoms with E-state index < -0.39 is 16.1 Å². The summed E-state index contributed by atoms with van der Waals surface area (Å²) in [4.78, 5) is 16.1. The number of piperidine rings is 1. The number of carbonyl (C=O) groups is 1. The van der Waals surface area contributed by atoms with Crippen LogP contribution in [0.2, 0.25) is 0 Å². The van der Waals surface area contributed by atoms with E-state index in [1.54, 1.807) is 12.1 Å². The summed E-state index contributed by atoms with van der Waals surface area (Å²) in [5, 5.41) is 5.04. The number of nitrogens with one attached hydrogen (secondary N) is 2. The topological polar surface area (TPSA) is 78.5 Å². The van der Waals surface area contributed by atoms with Crippen molar-refractivity contribution in [2.45, 2.75) is 68.3 Å². The molecule has 1 unspecified atom stereocenters. The Morgan fingerprint density at radius 3 is 2.42 bits per heavy atom. The molecule has 224 valence electrons. The smallest absolute Gasteiger partial charge is 0.241 e. The fourth-order valence-corrected chi connectivity index (χ4v) is 7.79. The molecule has 6 nitrogen and oxygen atoms in total. The number of nitrogens with zero attached hydrogens (tertiary/aromatic N) is 1. The number of fused-ring (bicyclic) bond motifs is 2. The molecule has 1 heterocycles. The third kappa shape index (κ3) is 7.53. The van der Waals surface area contributed by atoms with Crippen molar-refractivity contribution in [3.8, 4) is 0 Å². The lowest BCUT2D eigenvalue weighted by Crippen LogP contribution is -2.41. The van der Waals surface area contributed by atoms with Crippen LogP contribution < -0.4 is 10.0 Å². The van der Waals surface area contributed by atoms with Gasteiger partial charge in [-0.1, -0.05) is 85.3 Å². The Balaban J connectivity index is 1.09. The molecule has 2 atom stereocenters. The van der Waals surface area contributed by atoms with Crippen molar-refractivity contribution in [3.63, 3.8) is 0 Å². The van der Waals surface area contributed by atoms with E-state index in [0.717, 1.165) is 48.6 Å². The van der Waals surface area contributed by atoms with Crippen LogP contribution in [0.4, 0.5) is 0 Å². The van der Waals surface area contributed by atoms with Crippen LogP contribution in [0.5, 0.6) is 0 Å². The molecule has 0 aromatic heterocycles. The number of hydrogen-bond donors (Lipinski definition) is 2. The van der Waals surface area contributed by atoms with E-state index in [4.69, 9.17) is 0 Å². The summed E-state index contributed by atoms with van der Waals surface area (Å²) in [7, 11) is -3.87. The molecule has 4 aromatic carbocycles. The lowest BCUT2D eigenvalue weighted by molar-refractivity contribution is -0.122. The molecule has 7 heteroatoms. The van der Waals surface area contributed by atoms with Crippen molar-refractivity contribution in [1.29, 1.82) is 0 Å². The summed E-state index contributed by atoms with van der Waals surface area (Å²) in [5.74, 6) is -0.151. The SMILES string of the molecule is O=C(C[C@@H](NS(=O)(=O)c1ccc2ccccc2c1)c1ccccc1)NC1CCc2cc(CCN3CCCCC3)ccc2C1. The van der Waals surface area contributed by atoms with Gasteiger partial charge in [-0.15, -0.1) is 0 Å². The van der Waals surface area contributed by atoms with Gasteiger partial charge in [0.1, 0.15) is 0 Å². The van der Waals surface area contributed by atoms with E-state index >= 15 is 0 Å². The summed E-state index contributed by atoms with van der Waals surface area (Å²) in [5.41, 5.74) is 4.85. The molecule has 1 aliphatic heterocycles. The predicted octanol–water partition coefficient (Wildman–Crippen LogP) is 5.95. The fourth-order valence-electron chi connectivity index (χ4n) is 6.53. The second-order valence-corrected chi connectivity index (χ2v) is 13.8. The van der Waals surface area contributed by atoms with Gasteiger partial charge in [-0.25, -0.2) is 13.1 Å². The Morgan fingerprint density at radius 2 is 1.60 bits per heavy atom. The highest BCUT2D eigenvalue weighted by atomic mass is 32.2. The molecule has 2 aliphatic rings. The van der Waals surface area contributed by atoms with Crippen LogP contribution in [0, 0.1) is 0 Å². The number of aryl methyl sites for hydroxylation is 1. The molecule has 4 aromatic rings. The maximum absolute atomic E-state index is 13.5. The average Bonchev–Trinajstić information content (AvgIpc) is 3.04. The van der Waals surface area contributed by atoms with Crippen molar-refractivity contribution in [1.82, 2.24) is 14.9 Å². The van der Waals surface area contributed by atoms with E-state index in [1.807, 2.05) is 60.7 Å². The summed E-state index contributed by atoms with van der Waals surface area (Å²) < 4.78 is 29.8. The zero-order chi connectivity index (χ0) is 29.6. The molecule has 1 aliphatic carbocycles. The van der Waals surface area contributed by atoms with Gasteiger partial charge in [0, 0.05) is 19.0 Å². The van der Waals surface area contributed by atoms with Gasteiger partial charge in [-0.2, -0.15) is 0 Å². The first-order chi connectivity index (χ1) is 20.9. The van der Waals surface area contributed by atoms with Crippen LogP contribution >= 0.6 is 0 Å². The standard InChI is InChI=1S/C36H41N3O3S/c40-36(37-33-17-15-31-23-27(13-14-32(31)24-33)19-22-39-20-7-2-8-21-39)26-35(29-10-3-1-4-11-29)38-43(41,42)34-18-16-28-9-5-6-12-30(28)25-34/h1,3-6,9-14,16,18,23,25,33,35,38H,2,7-8,15,17,19-22,24,26H2,(H,37,40)/t33?,35-/m1/s1. The Kier molecular flexibility index (Phi) is 9.22. The second-order valence-electron chi connectivity index (χ2n) is 12.1. The van der Waals surface area contributed by atoms with Crippen molar-refractivity contribution in [2.24, 2.45) is 0 Å². The number of hydrogen-bond acceptors (Lipinski definition) is 4. The highest BCUT2D eigenvalue weighted by molar-refractivity contribution is 7.89. The normalized spacial score (nSPS) is 18.2. The van der Waals surface area contributed by atoms with Gasteiger partial charge in [-0.3, -0.25) is 4.79 Å². The van der Waals surface area contributed by atoms with E-state index in [9.17, 15) is 13.2 Å². The molecule has 1 fully saturated rings. The van der Waals surface area contributed by atoms with E-state index in [2.05, 4.69) is 33.1 Å². The first-order valence-electron chi connectivity index (χ1n) is 15.6. The van der Waals surface area contributed by atoms with Gasteiger partial charge < -0.3 is 10.2 Å². The molecular weight excluding hydrogens is 554 g/mol. The van der Waals surface area contributed by atoms with Crippen LogP contribution in [-0.2, 0) is 34.1 Å². The number of benzene rings is 4. The maximum Gasteiger partial charge on any atom is 0.241 e. The number of likely N-dealkylation sites (tertiary alicyclic amines) is 1. The highest BCUT2D eigenvalue weighted by Gasteiger charge is 2.26. The van der Waals surface area contributed by atoms with Crippen LogP contribution in [0.15, 0.2) is 95.9 Å². The number of amides is 1. The van der Waals surface area contributed by atoms with Crippen LogP contribution in [0.3, 0.4) is 0 Å². The monoisotopic (exact) mass is 595 g/mol. The molecular formula is C36H41N3O3S. The van der Waals surface area contributed by atoms with Gasteiger partial charge in [0.05, 0.1) is 10.9 Å². The number of rotatable bonds is 10. The molecule has 0 bridgehead atoms. The molecule has 1 saturated heterocycles. The Labute approximate surface area is 255 Å². The van der Waals surface area contributed by atoms with Crippen molar-refractivity contribution in [2.75, 3.05) is 19.6 Å². The molecule has 0 saturated carbocycles. The Morgan fingerprint density at radius 1 is 0.837 bits per heavy atom. The maximum atomic E-state index is 13.5. The van der Waals surface area contributed by atoms with Gasteiger partial charge in [-0.05, 0) is 96.8 Å². The van der Waals surface area contributed by atoms with Gasteiger partial charge in [0.2, 0.25) is 15.9 Å². The van der Waals surface area contributed by atoms with E-state index in [0.29, 0.717) is 0 Å². The molecule has 1 amide bonds. The van der Waals surface area contributed by atoms with E-state index in [1.165, 1.54) is 49.0 Å². The highest BCUT2D eigenvalue weighted by Crippen LogP contribution is 2.26. The Bertz CT molecular complexity index is 1670. The number of carbonyl (C=O) groups excluding carboxylic acids is 1. The summed E-state index contributed by atoms with van der Waals surface area (Å²) in [6.45, 7) is 3.58. The summed E-state index contributed by atoms with van der Waals surface area (Å²) in [6, 6.07) is 28.3. The minimum Gasteiger partial charge on any atom is -0.353 e. The first-order valence-corrected chi connectivity index (χ1v) is 17.1. The predicted molar refractivity (Wildman–Crippen MR) is 172 cm³/mol. The van der Waals surface area contributed by atoms with Crippen molar-refractivity contribution >= 4 is 26.7 Å². The summed E-state index contributed by atoms with van der Waals surface area (Å²) in [6.07, 6.45) is 7.73. The average molecular weight is 596 g/mol. The third-order valence-electron chi connectivity index (χ3n) is 8.95. The quantitative estimate of drug-likeness (QED) is 0.238. The number of sulfonamides is 1. The van der Waals surface area contributed by atoms with Crippen molar-refractivity contribution < 1.29 is 13.2 Å². The minimum absolute atomic E-state index is 0.0234. The molecule has 2 N–H and O–H groups in total. The minimum atomic E-state index is -3.87. The molecule has 6 rings (SSSR count). The molecule has 43 heavy (non-hydrogen) atoms. The van der Waals surface area contributed by atoms with Crippen LogP contribution in [0.25, 0.3) is 10.8 Å². The van der Waals surface area contributed by atoms with Crippen LogP contribution in [0.1, 0.15) is 60.4 Å². The van der Waals surface area contributed by atoms with Gasteiger partial charge in [0.25, 0.3) is 0 Å².